The minimum Gasteiger partial charge on any atom is -0.302 e. The highest BCUT2D eigenvalue weighted by Gasteiger charge is 2.15. The predicted octanol–water partition coefficient (Wildman–Crippen LogP) is 2.93. The lowest BCUT2D eigenvalue weighted by Gasteiger charge is -2.31. The normalized spacial score (nSPS) is 12.5. The summed E-state index contributed by atoms with van der Waals surface area (Å²) in [5.41, 5.74) is 0.339. The number of nitrogens with zero attached hydrogens (tertiary/aromatic N) is 1. The summed E-state index contributed by atoms with van der Waals surface area (Å²) in [6.07, 6.45) is 2.68. The summed E-state index contributed by atoms with van der Waals surface area (Å²) in [6, 6.07) is 0. The lowest BCUT2D eigenvalue weighted by molar-refractivity contribution is 0.174. The van der Waals surface area contributed by atoms with Gasteiger partial charge in [-0.1, -0.05) is 22.6 Å². The first kappa shape index (κ1) is 11.7. The van der Waals surface area contributed by atoms with Crippen LogP contribution < -0.4 is 0 Å². The van der Waals surface area contributed by atoms with Crippen LogP contribution in [-0.2, 0) is 0 Å². The Morgan fingerprint density at radius 3 is 2.09 bits per heavy atom. The first-order chi connectivity index (χ1) is 4.98. The molecule has 0 radical (unpaired) electrons. The van der Waals surface area contributed by atoms with Gasteiger partial charge < -0.3 is 4.90 Å². The second-order valence-electron chi connectivity index (χ2n) is 3.99. The molecule has 1 nitrogen and oxygen atoms in total. The zero-order valence-electron chi connectivity index (χ0n) is 8.15. The smallest absolute Gasteiger partial charge is 0.0122 e. The highest BCUT2D eigenvalue weighted by Crippen LogP contribution is 2.11. The Morgan fingerprint density at radius 1 is 1.18 bits per heavy atom. The molecule has 0 aromatic rings. The molecule has 0 amide bonds. The van der Waals surface area contributed by atoms with Crippen LogP contribution >= 0.6 is 22.6 Å². The van der Waals surface area contributed by atoms with Crippen LogP contribution in [0.4, 0.5) is 0 Å². The van der Waals surface area contributed by atoms with Gasteiger partial charge >= 0.3 is 0 Å². The molecular weight excluding hydrogens is 249 g/mol. The van der Waals surface area contributed by atoms with Crippen LogP contribution in [0.25, 0.3) is 0 Å². The summed E-state index contributed by atoms with van der Waals surface area (Å²) in [5.74, 6) is 0. The molecule has 0 saturated heterocycles. The van der Waals surface area contributed by atoms with Gasteiger partial charge in [0.05, 0.1) is 0 Å². The van der Waals surface area contributed by atoms with Crippen molar-refractivity contribution in [2.45, 2.75) is 39.2 Å². The van der Waals surface area contributed by atoms with E-state index in [0.717, 1.165) is 0 Å². The fourth-order valence-corrected chi connectivity index (χ4v) is 1.32. The Balaban J connectivity index is 3.44. The van der Waals surface area contributed by atoms with Crippen LogP contribution in [0, 0.1) is 0 Å². The SMILES string of the molecule is CN(CCCCI)C(C)(C)C. The fraction of sp³-hybridized carbons (Fsp3) is 1.00. The molecule has 0 atom stereocenters. The van der Waals surface area contributed by atoms with Gasteiger partial charge in [0.2, 0.25) is 0 Å². The van der Waals surface area contributed by atoms with Crippen molar-refractivity contribution >= 4 is 22.6 Å². The van der Waals surface area contributed by atoms with Crippen LogP contribution in [0.1, 0.15) is 33.6 Å². The first-order valence-electron chi connectivity index (χ1n) is 4.25. The first-order valence-corrected chi connectivity index (χ1v) is 5.78. The van der Waals surface area contributed by atoms with Crippen molar-refractivity contribution in [1.29, 1.82) is 0 Å². The molecule has 0 heterocycles. The molecule has 0 spiro atoms. The van der Waals surface area contributed by atoms with Gasteiger partial charge in [-0.25, -0.2) is 0 Å². The topological polar surface area (TPSA) is 3.24 Å². The maximum absolute atomic E-state index is 2.44. The van der Waals surface area contributed by atoms with Crippen LogP contribution in [0.2, 0.25) is 0 Å². The van der Waals surface area contributed by atoms with Gasteiger partial charge in [0.15, 0.2) is 0 Å². The molecule has 0 N–H and O–H groups in total. The quantitative estimate of drug-likeness (QED) is 0.431. The van der Waals surface area contributed by atoms with Crippen molar-refractivity contribution in [1.82, 2.24) is 4.90 Å². The van der Waals surface area contributed by atoms with E-state index in [1.807, 2.05) is 0 Å². The Bertz CT molecular complexity index is 96.2. The monoisotopic (exact) mass is 269 g/mol. The Labute approximate surface area is 84.7 Å². The molecule has 0 saturated carbocycles. The van der Waals surface area contributed by atoms with Gasteiger partial charge in [-0.2, -0.15) is 0 Å². The van der Waals surface area contributed by atoms with Gasteiger partial charge in [0, 0.05) is 5.54 Å². The molecular formula is C9H20IN. The molecule has 0 aromatic heterocycles. The summed E-state index contributed by atoms with van der Waals surface area (Å²) < 4.78 is 1.29. The molecule has 0 aromatic carbocycles. The maximum atomic E-state index is 2.44. The fourth-order valence-electron chi connectivity index (χ4n) is 0.779. The molecule has 0 aliphatic rings. The van der Waals surface area contributed by atoms with Crippen molar-refractivity contribution < 1.29 is 0 Å². The summed E-state index contributed by atoms with van der Waals surface area (Å²) in [7, 11) is 2.20. The van der Waals surface area contributed by atoms with E-state index >= 15 is 0 Å². The zero-order valence-corrected chi connectivity index (χ0v) is 10.3. The van der Waals surface area contributed by atoms with E-state index in [-0.39, 0.29) is 0 Å². The van der Waals surface area contributed by atoms with Crippen molar-refractivity contribution in [3.05, 3.63) is 0 Å². The predicted molar refractivity (Wildman–Crippen MR) is 60.5 cm³/mol. The molecule has 0 aliphatic carbocycles. The second-order valence-corrected chi connectivity index (χ2v) is 5.07. The van der Waals surface area contributed by atoms with Gasteiger partial charge in [-0.05, 0) is 51.6 Å². The van der Waals surface area contributed by atoms with E-state index in [2.05, 4.69) is 55.3 Å². The minimum absolute atomic E-state index is 0.339. The average Bonchev–Trinajstić information content (AvgIpc) is 1.86. The van der Waals surface area contributed by atoms with Gasteiger partial charge in [-0.15, -0.1) is 0 Å². The number of halogens is 1. The molecule has 0 unspecified atom stereocenters. The third kappa shape index (κ3) is 5.91. The van der Waals surface area contributed by atoms with Crippen molar-refractivity contribution in [2.24, 2.45) is 0 Å². The lowest BCUT2D eigenvalue weighted by Crippen LogP contribution is -2.38. The number of hydrogen-bond acceptors (Lipinski definition) is 1. The van der Waals surface area contributed by atoms with Gasteiger partial charge in [0.1, 0.15) is 0 Å². The standard InChI is InChI=1S/C9H20IN/c1-9(2,3)11(4)8-6-5-7-10/h5-8H2,1-4H3. The van der Waals surface area contributed by atoms with Crippen molar-refractivity contribution in [3.8, 4) is 0 Å². The molecule has 0 rings (SSSR count). The summed E-state index contributed by atoms with van der Waals surface area (Å²) in [5, 5.41) is 0. The molecule has 0 fully saturated rings. The van der Waals surface area contributed by atoms with E-state index in [0.29, 0.717) is 5.54 Å². The molecule has 68 valence electrons. The number of alkyl halides is 1. The number of rotatable bonds is 4. The average molecular weight is 269 g/mol. The van der Waals surface area contributed by atoms with E-state index in [4.69, 9.17) is 0 Å². The zero-order chi connectivity index (χ0) is 8.91. The Morgan fingerprint density at radius 2 is 1.73 bits per heavy atom. The van der Waals surface area contributed by atoms with Crippen LogP contribution in [0.15, 0.2) is 0 Å². The molecule has 2 heteroatoms. The van der Waals surface area contributed by atoms with Crippen LogP contribution in [-0.4, -0.2) is 28.5 Å². The highest BCUT2D eigenvalue weighted by molar-refractivity contribution is 14.1. The van der Waals surface area contributed by atoms with E-state index < -0.39 is 0 Å². The summed E-state index contributed by atoms with van der Waals surface area (Å²) in [4.78, 5) is 2.42. The van der Waals surface area contributed by atoms with Gasteiger partial charge in [0.25, 0.3) is 0 Å². The van der Waals surface area contributed by atoms with E-state index in [1.165, 1.54) is 23.8 Å². The maximum Gasteiger partial charge on any atom is 0.0122 e. The largest absolute Gasteiger partial charge is 0.302 e. The van der Waals surface area contributed by atoms with Crippen molar-refractivity contribution in [3.63, 3.8) is 0 Å². The number of unbranched alkanes of at least 4 members (excludes halogenated alkanes) is 1. The summed E-state index contributed by atoms with van der Waals surface area (Å²) >= 11 is 2.44. The second kappa shape index (κ2) is 5.36. The summed E-state index contributed by atoms with van der Waals surface area (Å²) in [6.45, 7) is 8.01. The molecule has 11 heavy (non-hydrogen) atoms. The number of hydrogen-bond donors (Lipinski definition) is 0. The minimum atomic E-state index is 0.339. The van der Waals surface area contributed by atoms with Crippen LogP contribution in [0.5, 0.6) is 0 Å². The van der Waals surface area contributed by atoms with E-state index in [1.54, 1.807) is 0 Å². The lowest BCUT2D eigenvalue weighted by atomic mass is 10.1. The third-order valence-corrected chi connectivity index (χ3v) is 2.79. The van der Waals surface area contributed by atoms with E-state index in [9.17, 15) is 0 Å². The van der Waals surface area contributed by atoms with Gasteiger partial charge in [-0.3, -0.25) is 0 Å². The van der Waals surface area contributed by atoms with Crippen molar-refractivity contribution in [2.75, 3.05) is 18.0 Å². The molecule has 0 aliphatic heterocycles. The highest BCUT2D eigenvalue weighted by atomic mass is 127. The molecule has 0 bridgehead atoms. The van der Waals surface area contributed by atoms with Crippen LogP contribution in [0.3, 0.4) is 0 Å². The Hall–Kier alpha value is 0.690. The third-order valence-electron chi connectivity index (χ3n) is 2.02. The Kier molecular flexibility index (Phi) is 5.69.